The van der Waals surface area contributed by atoms with Crippen LogP contribution in [0.3, 0.4) is 0 Å². The van der Waals surface area contributed by atoms with Crippen LogP contribution >= 0.6 is 33.9 Å². The Morgan fingerprint density at radius 3 is 2.94 bits per heavy atom. The number of fused-ring (bicyclic) bond motifs is 1. The zero-order valence-electron chi connectivity index (χ0n) is 8.77. The Kier molecular flexibility index (Phi) is 3.17. The minimum absolute atomic E-state index is 0.679. The van der Waals surface area contributed by atoms with Crippen molar-refractivity contribution < 1.29 is 9.90 Å². The first kappa shape index (κ1) is 11.8. The summed E-state index contributed by atoms with van der Waals surface area (Å²) in [7, 11) is 3.97. The molecule has 0 aliphatic carbocycles. The molecule has 0 unspecified atom stereocenters. The van der Waals surface area contributed by atoms with Crippen LogP contribution in [-0.2, 0) is 6.54 Å². The first-order valence-electron chi connectivity index (χ1n) is 4.54. The van der Waals surface area contributed by atoms with Crippen molar-refractivity contribution in [1.82, 2.24) is 14.7 Å². The molecule has 2 aromatic rings. The van der Waals surface area contributed by atoms with E-state index in [4.69, 9.17) is 5.11 Å². The molecule has 5 nitrogen and oxygen atoms in total. The van der Waals surface area contributed by atoms with Crippen LogP contribution in [0.2, 0.25) is 0 Å². The summed E-state index contributed by atoms with van der Waals surface area (Å²) < 4.78 is 2.72. The molecule has 0 aliphatic heterocycles. The summed E-state index contributed by atoms with van der Waals surface area (Å²) in [6.45, 7) is 0.815. The van der Waals surface area contributed by atoms with Gasteiger partial charge in [0.2, 0.25) is 0 Å². The zero-order valence-corrected chi connectivity index (χ0v) is 11.7. The summed E-state index contributed by atoms with van der Waals surface area (Å²) in [4.78, 5) is 14.1. The highest BCUT2D eigenvalue weighted by molar-refractivity contribution is 14.1. The molecular formula is C9H10IN3O2S. The second-order valence-electron chi connectivity index (χ2n) is 3.65. The van der Waals surface area contributed by atoms with Gasteiger partial charge in [0.15, 0.2) is 0 Å². The minimum Gasteiger partial charge on any atom is -0.463 e. The fourth-order valence-corrected chi connectivity index (χ4v) is 3.41. The van der Waals surface area contributed by atoms with Gasteiger partial charge in [0.25, 0.3) is 0 Å². The normalized spacial score (nSPS) is 11.5. The van der Waals surface area contributed by atoms with Crippen molar-refractivity contribution in [3.05, 3.63) is 14.6 Å². The Hall–Kier alpha value is -0.670. The van der Waals surface area contributed by atoms with Gasteiger partial charge in [-0.3, -0.25) is 0 Å². The van der Waals surface area contributed by atoms with Crippen molar-refractivity contribution in [2.75, 3.05) is 14.1 Å². The molecule has 2 heterocycles. The van der Waals surface area contributed by atoms with Gasteiger partial charge in [0.05, 0.1) is 10.2 Å². The Balaban J connectivity index is 2.53. The van der Waals surface area contributed by atoms with Crippen LogP contribution in [0.4, 0.5) is 4.79 Å². The molecule has 0 amide bonds. The van der Waals surface area contributed by atoms with Crippen molar-refractivity contribution >= 4 is 50.2 Å². The van der Waals surface area contributed by atoms with Gasteiger partial charge >= 0.3 is 6.09 Å². The molecule has 1 N–H and O–H groups in total. The van der Waals surface area contributed by atoms with Crippen molar-refractivity contribution in [3.63, 3.8) is 0 Å². The summed E-state index contributed by atoms with van der Waals surface area (Å²) in [6.07, 6.45) is -1.04. The van der Waals surface area contributed by atoms with Gasteiger partial charge < -0.3 is 10.0 Å². The number of hydrogen-bond acceptors (Lipinski definition) is 4. The molecule has 0 aliphatic rings. The third-order valence-electron chi connectivity index (χ3n) is 2.02. The van der Waals surface area contributed by atoms with Crippen LogP contribution in [0.15, 0.2) is 6.07 Å². The summed E-state index contributed by atoms with van der Waals surface area (Å²) in [5.41, 5.74) is 0.679. The lowest BCUT2D eigenvalue weighted by atomic mass is 10.4. The molecule has 0 fully saturated rings. The van der Waals surface area contributed by atoms with E-state index in [1.54, 1.807) is 11.3 Å². The van der Waals surface area contributed by atoms with Crippen molar-refractivity contribution in [2.45, 2.75) is 6.54 Å². The number of hydrogen-bond donors (Lipinski definition) is 1. The summed E-state index contributed by atoms with van der Waals surface area (Å²) >= 11 is 3.66. The maximum atomic E-state index is 11.0. The Morgan fingerprint density at radius 1 is 1.69 bits per heavy atom. The average Bonchev–Trinajstić information content (AvgIpc) is 2.66. The van der Waals surface area contributed by atoms with Gasteiger partial charge in [0, 0.05) is 11.4 Å². The molecule has 0 aromatic carbocycles. The fraction of sp³-hybridized carbons (Fsp3) is 0.333. The van der Waals surface area contributed by atoms with E-state index in [-0.39, 0.29) is 0 Å². The first-order valence-corrected chi connectivity index (χ1v) is 6.43. The summed E-state index contributed by atoms with van der Waals surface area (Å²) in [6, 6.07) is 1.89. The first-order chi connectivity index (χ1) is 7.49. The minimum atomic E-state index is -1.04. The molecule has 7 heteroatoms. The molecule has 0 spiro atoms. The summed E-state index contributed by atoms with van der Waals surface area (Å²) in [5, 5.41) is 12.9. The Bertz CT molecular complexity index is 546. The van der Waals surface area contributed by atoms with Crippen LogP contribution in [0, 0.1) is 3.70 Å². The quantitative estimate of drug-likeness (QED) is 0.844. The molecule has 2 rings (SSSR count). The molecule has 2 aromatic heterocycles. The molecular weight excluding hydrogens is 341 g/mol. The second-order valence-corrected chi connectivity index (χ2v) is 5.81. The van der Waals surface area contributed by atoms with Gasteiger partial charge in [-0.25, -0.2) is 4.79 Å². The zero-order chi connectivity index (χ0) is 11.9. The molecule has 0 bridgehead atoms. The van der Waals surface area contributed by atoms with Crippen LogP contribution in [0.1, 0.15) is 4.88 Å². The molecule has 86 valence electrons. The van der Waals surface area contributed by atoms with E-state index in [0.717, 1.165) is 24.5 Å². The number of halogens is 1. The van der Waals surface area contributed by atoms with E-state index < -0.39 is 6.09 Å². The van der Waals surface area contributed by atoms with Crippen molar-refractivity contribution in [1.29, 1.82) is 0 Å². The van der Waals surface area contributed by atoms with E-state index in [1.807, 2.05) is 20.2 Å². The lowest BCUT2D eigenvalue weighted by Crippen LogP contribution is -2.10. The van der Waals surface area contributed by atoms with Gasteiger partial charge in [-0.1, -0.05) is 0 Å². The van der Waals surface area contributed by atoms with Crippen molar-refractivity contribution in [3.8, 4) is 0 Å². The van der Waals surface area contributed by atoms with Crippen LogP contribution in [0.5, 0.6) is 0 Å². The van der Waals surface area contributed by atoms with Gasteiger partial charge in [0.1, 0.15) is 3.70 Å². The van der Waals surface area contributed by atoms with Gasteiger partial charge in [-0.15, -0.1) is 11.3 Å². The highest BCUT2D eigenvalue weighted by Gasteiger charge is 2.16. The maximum absolute atomic E-state index is 11.0. The van der Waals surface area contributed by atoms with Gasteiger partial charge in [-0.2, -0.15) is 9.78 Å². The third kappa shape index (κ3) is 2.06. The Labute approximate surface area is 110 Å². The number of carboxylic acid groups (broad SMARTS) is 1. The lowest BCUT2D eigenvalue weighted by molar-refractivity contribution is 0.194. The number of rotatable bonds is 2. The predicted molar refractivity (Wildman–Crippen MR) is 71.1 cm³/mol. The molecule has 0 saturated carbocycles. The molecule has 0 radical (unpaired) electrons. The van der Waals surface area contributed by atoms with E-state index in [2.05, 4.69) is 32.6 Å². The van der Waals surface area contributed by atoms with E-state index >= 15 is 0 Å². The van der Waals surface area contributed by atoms with E-state index in [9.17, 15) is 4.79 Å². The predicted octanol–water partition coefficient (Wildman–Crippen LogP) is 2.29. The highest BCUT2D eigenvalue weighted by atomic mass is 127. The van der Waals surface area contributed by atoms with Crippen molar-refractivity contribution in [2.24, 2.45) is 0 Å². The van der Waals surface area contributed by atoms with E-state index in [0.29, 0.717) is 5.52 Å². The standard InChI is InChI=1S/C9H10IN3O2S/c1-12(2)4-5-3-6-7(16-5)8(10)11-13(6)9(14)15/h3H,4H2,1-2H3,(H,14,15). The largest absolute Gasteiger partial charge is 0.463 e. The molecule has 16 heavy (non-hydrogen) atoms. The number of thiophene rings is 1. The molecule has 0 saturated heterocycles. The fourth-order valence-electron chi connectivity index (χ4n) is 1.46. The monoisotopic (exact) mass is 351 g/mol. The SMILES string of the molecule is CN(C)Cc1cc2c(s1)c(I)nn2C(=O)O. The van der Waals surface area contributed by atoms with E-state index in [1.165, 1.54) is 0 Å². The highest BCUT2D eigenvalue weighted by Crippen LogP contribution is 2.30. The second kappa shape index (κ2) is 4.30. The lowest BCUT2D eigenvalue weighted by Gasteiger charge is -2.05. The van der Waals surface area contributed by atoms with Gasteiger partial charge in [-0.05, 0) is 42.8 Å². The third-order valence-corrected chi connectivity index (χ3v) is 4.26. The van der Waals surface area contributed by atoms with Crippen LogP contribution in [0.25, 0.3) is 10.2 Å². The molecule has 0 atom stereocenters. The summed E-state index contributed by atoms with van der Waals surface area (Å²) in [5.74, 6) is 0. The maximum Gasteiger partial charge on any atom is 0.432 e. The van der Waals surface area contributed by atoms with Crippen LogP contribution in [-0.4, -0.2) is 40.0 Å². The smallest absolute Gasteiger partial charge is 0.432 e. The number of carbonyl (C=O) groups is 1. The van der Waals surface area contributed by atoms with Crippen LogP contribution < -0.4 is 0 Å². The number of nitrogens with zero attached hydrogens (tertiary/aromatic N) is 3. The topological polar surface area (TPSA) is 58.4 Å². The number of aromatic nitrogens is 2. The average molecular weight is 351 g/mol. The Morgan fingerprint density at radius 2 is 2.38 bits per heavy atom.